The van der Waals surface area contributed by atoms with E-state index in [1.165, 1.54) is 18.2 Å². The molecule has 0 heterocycles. The Morgan fingerprint density at radius 3 is 2.43 bits per heavy atom. The average molecular weight is 285 g/mol. The molecule has 108 valence electrons. The number of rotatable bonds is 5. The van der Waals surface area contributed by atoms with E-state index in [1.807, 2.05) is 24.3 Å². The molecule has 2 aromatic rings. The Morgan fingerprint density at radius 1 is 1.14 bits per heavy atom. The van der Waals surface area contributed by atoms with E-state index in [9.17, 15) is 9.18 Å². The Labute approximate surface area is 123 Å². The van der Waals surface area contributed by atoms with Crippen LogP contribution in [0.3, 0.4) is 0 Å². The van der Waals surface area contributed by atoms with Crippen molar-refractivity contribution in [2.24, 2.45) is 0 Å². The normalized spacial score (nSPS) is 10.6. The van der Waals surface area contributed by atoms with Crippen LogP contribution in [0.1, 0.15) is 11.1 Å². The third-order valence-corrected chi connectivity index (χ3v) is 2.92. The molecule has 0 spiro atoms. The van der Waals surface area contributed by atoms with Gasteiger partial charge in [-0.15, -0.1) is 0 Å². The fourth-order valence-electron chi connectivity index (χ4n) is 1.74. The molecule has 4 heteroatoms. The predicted molar refractivity (Wildman–Crippen MR) is 80.3 cm³/mol. The Kier molecular flexibility index (Phi) is 5.10. The number of hydrogen-bond donors (Lipinski definition) is 1. The Morgan fingerprint density at radius 2 is 1.81 bits per heavy atom. The van der Waals surface area contributed by atoms with Crippen molar-refractivity contribution in [3.8, 4) is 5.75 Å². The summed E-state index contributed by atoms with van der Waals surface area (Å²) in [6.07, 6.45) is 3.07. The van der Waals surface area contributed by atoms with Crippen molar-refractivity contribution >= 4 is 12.0 Å². The second kappa shape index (κ2) is 7.24. The SMILES string of the molecule is COc1ccc(CNC(=O)/C=C/c2ccc(F)cc2)cc1. The van der Waals surface area contributed by atoms with Gasteiger partial charge in [0.2, 0.25) is 5.91 Å². The molecule has 0 saturated carbocycles. The minimum atomic E-state index is -0.295. The summed E-state index contributed by atoms with van der Waals surface area (Å²) in [5.41, 5.74) is 1.76. The molecule has 0 bridgehead atoms. The van der Waals surface area contributed by atoms with E-state index in [1.54, 1.807) is 25.3 Å². The van der Waals surface area contributed by atoms with E-state index in [-0.39, 0.29) is 11.7 Å². The molecule has 2 aromatic carbocycles. The second-order valence-corrected chi connectivity index (χ2v) is 4.45. The summed E-state index contributed by atoms with van der Waals surface area (Å²) < 4.78 is 17.8. The van der Waals surface area contributed by atoms with Gasteiger partial charge in [-0.05, 0) is 41.5 Å². The van der Waals surface area contributed by atoms with Gasteiger partial charge in [-0.25, -0.2) is 4.39 Å². The number of ether oxygens (including phenoxy) is 1. The first-order valence-corrected chi connectivity index (χ1v) is 6.52. The minimum absolute atomic E-state index is 0.199. The lowest BCUT2D eigenvalue weighted by molar-refractivity contribution is -0.116. The van der Waals surface area contributed by atoms with Gasteiger partial charge < -0.3 is 10.1 Å². The van der Waals surface area contributed by atoms with E-state index < -0.39 is 0 Å². The summed E-state index contributed by atoms with van der Waals surface area (Å²) in [7, 11) is 1.61. The molecule has 0 atom stereocenters. The number of methoxy groups -OCH3 is 1. The monoisotopic (exact) mass is 285 g/mol. The fraction of sp³-hybridized carbons (Fsp3) is 0.118. The molecule has 0 aliphatic rings. The zero-order valence-electron chi connectivity index (χ0n) is 11.7. The topological polar surface area (TPSA) is 38.3 Å². The molecule has 0 aliphatic heterocycles. The summed E-state index contributed by atoms with van der Waals surface area (Å²) >= 11 is 0. The van der Waals surface area contributed by atoms with Gasteiger partial charge in [0.1, 0.15) is 11.6 Å². The van der Waals surface area contributed by atoms with Gasteiger partial charge in [-0.3, -0.25) is 4.79 Å². The van der Waals surface area contributed by atoms with Gasteiger partial charge in [0, 0.05) is 12.6 Å². The van der Waals surface area contributed by atoms with Crippen LogP contribution >= 0.6 is 0 Å². The van der Waals surface area contributed by atoms with E-state index in [2.05, 4.69) is 5.32 Å². The largest absolute Gasteiger partial charge is 0.497 e. The van der Waals surface area contributed by atoms with Crippen LogP contribution in [0.15, 0.2) is 54.6 Å². The van der Waals surface area contributed by atoms with Crippen LogP contribution in [0.5, 0.6) is 5.75 Å². The highest BCUT2D eigenvalue weighted by atomic mass is 19.1. The van der Waals surface area contributed by atoms with Crippen LogP contribution in [-0.2, 0) is 11.3 Å². The first-order chi connectivity index (χ1) is 10.2. The third-order valence-electron chi connectivity index (χ3n) is 2.92. The van der Waals surface area contributed by atoms with Crippen LogP contribution in [0.4, 0.5) is 4.39 Å². The quantitative estimate of drug-likeness (QED) is 0.857. The number of carbonyl (C=O) groups excluding carboxylic acids is 1. The van der Waals surface area contributed by atoms with E-state index in [4.69, 9.17) is 4.74 Å². The van der Waals surface area contributed by atoms with Crippen LogP contribution in [0, 0.1) is 5.82 Å². The summed E-state index contributed by atoms with van der Waals surface area (Å²) in [5, 5.41) is 2.78. The van der Waals surface area contributed by atoms with E-state index in [0.29, 0.717) is 6.54 Å². The number of halogens is 1. The molecule has 1 N–H and O–H groups in total. The average Bonchev–Trinajstić information content (AvgIpc) is 2.53. The van der Waals surface area contributed by atoms with E-state index >= 15 is 0 Å². The van der Waals surface area contributed by atoms with Crippen LogP contribution in [0.2, 0.25) is 0 Å². The molecule has 2 rings (SSSR count). The Hall–Kier alpha value is -2.62. The molecule has 1 amide bonds. The summed E-state index contributed by atoms with van der Waals surface area (Å²) in [6.45, 7) is 0.441. The fourth-order valence-corrected chi connectivity index (χ4v) is 1.74. The third kappa shape index (κ3) is 4.76. The van der Waals surface area contributed by atoms with Crippen molar-refractivity contribution in [2.75, 3.05) is 7.11 Å². The lowest BCUT2D eigenvalue weighted by Crippen LogP contribution is -2.20. The lowest BCUT2D eigenvalue weighted by atomic mass is 10.2. The maximum Gasteiger partial charge on any atom is 0.244 e. The molecule has 0 radical (unpaired) electrons. The zero-order chi connectivity index (χ0) is 15.1. The Balaban J connectivity index is 1.85. The van der Waals surface area contributed by atoms with Crippen molar-refractivity contribution in [2.45, 2.75) is 6.54 Å². The first-order valence-electron chi connectivity index (χ1n) is 6.52. The highest BCUT2D eigenvalue weighted by molar-refractivity contribution is 5.91. The van der Waals surface area contributed by atoms with Gasteiger partial charge in [0.05, 0.1) is 7.11 Å². The zero-order valence-corrected chi connectivity index (χ0v) is 11.7. The maximum absolute atomic E-state index is 12.7. The summed E-state index contributed by atoms with van der Waals surface area (Å²) in [4.78, 5) is 11.7. The van der Waals surface area contributed by atoms with Crippen LogP contribution < -0.4 is 10.1 Å². The standard InChI is InChI=1S/C17H16FNO2/c1-21-16-9-4-14(5-10-16)12-19-17(20)11-6-13-2-7-15(18)8-3-13/h2-11H,12H2,1H3,(H,19,20)/b11-6+. The van der Waals surface area contributed by atoms with Gasteiger partial charge in [0.25, 0.3) is 0 Å². The van der Waals surface area contributed by atoms with E-state index in [0.717, 1.165) is 16.9 Å². The molecular weight excluding hydrogens is 269 g/mol. The van der Waals surface area contributed by atoms with Crippen molar-refractivity contribution in [3.63, 3.8) is 0 Å². The van der Waals surface area contributed by atoms with Gasteiger partial charge in [0.15, 0.2) is 0 Å². The highest BCUT2D eigenvalue weighted by Gasteiger charge is 1.98. The van der Waals surface area contributed by atoms with Crippen LogP contribution in [-0.4, -0.2) is 13.0 Å². The molecule has 3 nitrogen and oxygen atoms in total. The number of hydrogen-bond acceptors (Lipinski definition) is 2. The van der Waals surface area contributed by atoms with Gasteiger partial charge >= 0.3 is 0 Å². The highest BCUT2D eigenvalue weighted by Crippen LogP contribution is 2.11. The van der Waals surface area contributed by atoms with Crippen molar-refractivity contribution in [1.82, 2.24) is 5.32 Å². The summed E-state index contributed by atoms with van der Waals surface area (Å²) in [6, 6.07) is 13.4. The minimum Gasteiger partial charge on any atom is -0.497 e. The van der Waals surface area contributed by atoms with Crippen LogP contribution in [0.25, 0.3) is 6.08 Å². The molecule has 0 aromatic heterocycles. The number of nitrogens with one attached hydrogen (secondary N) is 1. The maximum atomic E-state index is 12.7. The second-order valence-electron chi connectivity index (χ2n) is 4.45. The molecular formula is C17H16FNO2. The smallest absolute Gasteiger partial charge is 0.244 e. The van der Waals surface area contributed by atoms with Crippen molar-refractivity contribution in [3.05, 3.63) is 71.6 Å². The first kappa shape index (κ1) is 14.8. The van der Waals surface area contributed by atoms with Gasteiger partial charge in [-0.2, -0.15) is 0 Å². The lowest BCUT2D eigenvalue weighted by Gasteiger charge is -2.04. The summed E-state index contributed by atoms with van der Waals surface area (Å²) in [5.74, 6) is 0.285. The molecule has 0 aliphatic carbocycles. The van der Waals surface area contributed by atoms with Gasteiger partial charge in [-0.1, -0.05) is 24.3 Å². The molecule has 21 heavy (non-hydrogen) atoms. The Bertz CT molecular complexity index is 618. The predicted octanol–water partition coefficient (Wildman–Crippen LogP) is 3.16. The number of benzene rings is 2. The molecule has 0 fully saturated rings. The molecule has 0 unspecified atom stereocenters. The van der Waals surface area contributed by atoms with Crippen molar-refractivity contribution in [1.29, 1.82) is 0 Å². The number of carbonyl (C=O) groups is 1. The molecule has 0 saturated heterocycles. The van der Waals surface area contributed by atoms with Crippen molar-refractivity contribution < 1.29 is 13.9 Å². The number of amides is 1.